The van der Waals surface area contributed by atoms with Crippen LogP contribution < -0.4 is 14.8 Å². The third-order valence-corrected chi connectivity index (χ3v) is 4.18. The van der Waals surface area contributed by atoms with Crippen LogP contribution in [-0.2, 0) is 4.79 Å². The molecule has 0 saturated heterocycles. The van der Waals surface area contributed by atoms with E-state index in [9.17, 15) is 9.18 Å². The number of nitrogens with one attached hydrogen (secondary N) is 1. The molecule has 0 heterocycles. The van der Waals surface area contributed by atoms with Crippen LogP contribution in [0.1, 0.15) is 17.2 Å². The lowest BCUT2D eigenvalue weighted by Gasteiger charge is -2.25. The van der Waals surface area contributed by atoms with Crippen LogP contribution >= 0.6 is 0 Å². The summed E-state index contributed by atoms with van der Waals surface area (Å²) >= 11 is 0. The molecule has 2 aromatic carbocycles. The molecule has 0 aromatic heterocycles. The van der Waals surface area contributed by atoms with Gasteiger partial charge in [0.05, 0.1) is 20.3 Å². The quantitative estimate of drug-likeness (QED) is 0.723. The fourth-order valence-electron chi connectivity index (χ4n) is 2.70. The summed E-state index contributed by atoms with van der Waals surface area (Å²) in [6.45, 7) is 0.356. The first kappa shape index (κ1) is 20.5. The minimum absolute atomic E-state index is 0.135. The van der Waals surface area contributed by atoms with E-state index in [1.165, 1.54) is 18.2 Å². The first-order valence-corrected chi connectivity index (χ1v) is 8.54. The van der Waals surface area contributed by atoms with Crippen molar-refractivity contribution in [2.24, 2.45) is 0 Å². The van der Waals surface area contributed by atoms with E-state index in [1.54, 1.807) is 44.6 Å². The van der Waals surface area contributed by atoms with Gasteiger partial charge in [-0.05, 0) is 56.1 Å². The highest BCUT2D eigenvalue weighted by molar-refractivity contribution is 5.92. The molecule has 0 bridgehead atoms. The Bertz CT molecular complexity index is 806. The van der Waals surface area contributed by atoms with Crippen molar-refractivity contribution in [2.45, 2.75) is 6.04 Å². The second-order valence-electron chi connectivity index (χ2n) is 6.22. The molecule has 0 aliphatic carbocycles. The summed E-state index contributed by atoms with van der Waals surface area (Å²) < 4.78 is 24.0. The number of carbonyl (C=O) groups excluding carboxylic acids is 1. The number of ether oxygens (including phenoxy) is 2. The minimum atomic E-state index is -0.296. The van der Waals surface area contributed by atoms with Crippen LogP contribution in [0.2, 0.25) is 0 Å². The minimum Gasteiger partial charge on any atom is -0.497 e. The standard InChI is InChI=1S/C21H25FN2O3/c1-24(2)19(15-6-5-7-17(22)12-15)14-23-21(25)11-8-16-13-18(26-3)9-10-20(16)27-4/h5-13,19H,14H2,1-4H3,(H,23,25). The predicted octanol–water partition coefficient (Wildman–Crippen LogP) is 3.28. The van der Waals surface area contributed by atoms with E-state index in [-0.39, 0.29) is 17.8 Å². The number of nitrogens with zero attached hydrogens (tertiary/aromatic N) is 1. The van der Waals surface area contributed by atoms with Gasteiger partial charge in [0.1, 0.15) is 17.3 Å². The van der Waals surface area contributed by atoms with Crippen molar-refractivity contribution < 1.29 is 18.7 Å². The summed E-state index contributed by atoms with van der Waals surface area (Å²) in [7, 11) is 6.92. The molecule has 5 nitrogen and oxygen atoms in total. The molecule has 1 atom stereocenters. The molecule has 0 spiro atoms. The molecule has 0 aliphatic rings. The SMILES string of the molecule is COc1ccc(OC)c(C=CC(=O)NCC(c2cccc(F)c2)N(C)C)c1. The van der Waals surface area contributed by atoms with E-state index in [1.807, 2.05) is 25.1 Å². The maximum absolute atomic E-state index is 13.5. The number of hydrogen-bond donors (Lipinski definition) is 1. The lowest BCUT2D eigenvalue weighted by Crippen LogP contribution is -2.33. The van der Waals surface area contributed by atoms with Crippen molar-refractivity contribution in [1.29, 1.82) is 0 Å². The Kier molecular flexibility index (Phi) is 7.37. The van der Waals surface area contributed by atoms with Crippen molar-refractivity contribution in [3.8, 4) is 11.5 Å². The normalized spacial score (nSPS) is 12.2. The number of likely N-dealkylation sites (N-methyl/N-ethyl adjacent to an activating group) is 1. The maximum Gasteiger partial charge on any atom is 0.244 e. The highest BCUT2D eigenvalue weighted by atomic mass is 19.1. The number of hydrogen-bond acceptors (Lipinski definition) is 4. The van der Waals surface area contributed by atoms with Crippen LogP contribution in [0.25, 0.3) is 6.08 Å². The first-order valence-electron chi connectivity index (χ1n) is 8.54. The van der Waals surface area contributed by atoms with Gasteiger partial charge in [0.15, 0.2) is 0 Å². The Labute approximate surface area is 159 Å². The molecular weight excluding hydrogens is 347 g/mol. The molecule has 27 heavy (non-hydrogen) atoms. The van der Waals surface area contributed by atoms with Gasteiger partial charge < -0.3 is 19.7 Å². The summed E-state index contributed by atoms with van der Waals surface area (Å²) in [6, 6.07) is 11.6. The van der Waals surface area contributed by atoms with E-state index < -0.39 is 0 Å². The Morgan fingerprint density at radius 2 is 1.96 bits per heavy atom. The van der Waals surface area contributed by atoms with Gasteiger partial charge in [0, 0.05) is 18.2 Å². The second-order valence-corrected chi connectivity index (χ2v) is 6.22. The van der Waals surface area contributed by atoms with Crippen molar-refractivity contribution >= 4 is 12.0 Å². The predicted molar refractivity (Wildman–Crippen MR) is 104 cm³/mol. The number of methoxy groups -OCH3 is 2. The third kappa shape index (κ3) is 5.82. The lowest BCUT2D eigenvalue weighted by molar-refractivity contribution is -0.116. The van der Waals surface area contributed by atoms with Crippen molar-refractivity contribution in [2.75, 3.05) is 34.9 Å². The van der Waals surface area contributed by atoms with E-state index in [2.05, 4.69) is 5.32 Å². The van der Waals surface area contributed by atoms with Gasteiger partial charge in [-0.2, -0.15) is 0 Å². The zero-order valence-corrected chi connectivity index (χ0v) is 16.0. The van der Waals surface area contributed by atoms with Gasteiger partial charge in [-0.1, -0.05) is 12.1 Å². The highest BCUT2D eigenvalue weighted by Crippen LogP contribution is 2.25. The molecule has 0 saturated carbocycles. The van der Waals surface area contributed by atoms with Gasteiger partial charge in [0.25, 0.3) is 0 Å². The molecule has 1 amide bonds. The maximum atomic E-state index is 13.5. The molecule has 2 rings (SSSR count). The number of halogens is 1. The van der Waals surface area contributed by atoms with Gasteiger partial charge in [-0.3, -0.25) is 4.79 Å². The van der Waals surface area contributed by atoms with E-state index in [0.29, 0.717) is 18.0 Å². The van der Waals surface area contributed by atoms with Crippen LogP contribution in [0, 0.1) is 5.82 Å². The second kappa shape index (κ2) is 9.73. The van der Waals surface area contributed by atoms with E-state index in [0.717, 1.165) is 11.1 Å². The zero-order chi connectivity index (χ0) is 19.8. The van der Waals surface area contributed by atoms with Gasteiger partial charge >= 0.3 is 0 Å². The van der Waals surface area contributed by atoms with Gasteiger partial charge in [0.2, 0.25) is 5.91 Å². The molecular formula is C21H25FN2O3. The lowest BCUT2D eigenvalue weighted by atomic mass is 10.1. The zero-order valence-electron chi connectivity index (χ0n) is 16.0. The number of benzene rings is 2. The van der Waals surface area contributed by atoms with Crippen molar-refractivity contribution in [3.05, 3.63) is 65.5 Å². The smallest absolute Gasteiger partial charge is 0.244 e. The number of rotatable bonds is 8. The number of carbonyl (C=O) groups is 1. The molecule has 0 fully saturated rings. The van der Waals surface area contributed by atoms with Crippen molar-refractivity contribution in [3.63, 3.8) is 0 Å². The molecule has 6 heteroatoms. The van der Waals surface area contributed by atoms with E-state index >= 15 is 0 Å². The third-order valence-electron chi connectivity index (χ3n) is 4.18. The largest absolute Gasteiger partial charge is 0.497 e. The summed E-state index contributed by atoms with van der Waals surface area (Å²) in [6.07, 6.45) is 3.11. The highest BCUT2D eigenvalue weighted by Gasteiger charge is 2.15. The van der Waals surface area contributed by atoms with E-state index in [4.69, 9.17) is 9.47 Å². The Hall–Kier alpha value is -2.86. The Morgan fingerprint density at radius 3 is 2.59 bits per heavy atom. The Morgan fingerprint density at radius 1 is 1.19 bits per heavy atom. The molecule has 1 unspecified atom stereocenters. The molecule has 0 aliphatic heterocycles. The van der Waals surface area contributed by atoms with Crippen LogP contribution in [-0.4, -0.2) is 45.7 Å². The van der Waals surface area contributed by atoms with Crippen LogP contribution in [0.3, 0.4) is 0 Å². The van der Waals surface area contributed by atoms with Crippen LogP contribution in [0.4, 0.5) is 4.39 Å². The first-order chi connectivity index (χ1) is 12.9. The summed E-state index contributed by atoms with van der Waals surface area (Å²) in [4.78, 5) is 14.2. The molecule has 144 valence electrons. The summed E-state index contributed by atoms with van der Waals surface area (Å²) in [5, 5.41) is 2.86. The average molecular weight is 372 g/mol. The number of amides is 1. The molecule has 0 radical (unpaired) electrons. The van der Waals surface area contributed by atoms with Crippen molar-refractivity contribution in [1.82, 2.24) is 10.2 Å². The van der Waals surface area contributed by atoms with Gasteiger partial charge in [-0.25, -0.2) is 4.39 Å². The monoisotopic (exact) mass is 372 g/mol. The summed E-state index contributed by atoms with van der Waals surface area (Å²) in [5.41, 5.74) is 1.54. The fraction of sp³-hybridized carbons (Fsp3) is 0.286. The summed E-state index contributed by atoms with van der Waals surface area (Å²) in [5.74, 6) is 0.777. The average Bonchev–Trinajstić information content (AvgIpc) is 2.66. The van der Waals surface area contributed by atoms with Crippen LogP contribution in [0.5, 0.6) is 11.5 Å². The van der Waals surface area contributed by atoms with Gasteiger partial charge in [-0.15, -0.1) is 0 Å². The van der Waals surface area contributed by atoms with Crippen LogP contribution in [0.15, 0.2) is 48.5 Å². The fourth-order valence-corrected chi connectivity index (χ4v) is 2.70. The molecule has 2 aromatic rings. The topological polar surface area (TPSA) is 50.8 Å². The molecule has 1 N–H and O–H groups in total. The Balaban J connectivity index is 2.05.